The third-order valence-electron chi connectivity index (χ3n) is 11.2. The van der Waals surface area contributed by atoms with E-state index in [9.17, 15) is 0 Å². The van der Waals surface area contributed by atoms with E-state index in [4.69, 9.17) is 33.3 Å². The van der Waals surface area contributed by atoms with Crippen LogP contribution >= 0.6 is 29.6 Å². The Labute approximate surface area is 325 Å². The maximum absolute atomic E-state index is 7.18. The zero-order valence-electron chi connectivity index (χ0n) is 32.1. The first kappa shape index (κ1) is 39.2. The molecule has 1 fully saturated rings. The molecule has 1 aliphatic heterocycles. The van der Waals surface area contributed by atoms with Crippen LogP contribution < -0.4 is 15.9 Å². The lowest BCUT2D eigenvalue weighted by Gasteiger charge is -2.41. The highest BCUT2D eigenvalue weighted by molar-refractivity contribution is 14.1. The number of nitrogens with zero attached hydrogens (tertiary/aromatic N) is 5. The minimum Gasteiger partial charge on any atom is -0.414 e. The molecule has 276 valence electrons. The van der Waals surface area contributed by atoms with Crippen LogP contribution in [-0.4, -0.2) is 58.9 Å². The van der Waals surface area contributed by atoms with E-state index in [1.54, 1.807) is 6.33 Å². The van der Waals surface area contributed by atoms with Crippen molar-refractivity contribution in [2.45, 2.75) is 100 Å². The van der Waals surface area contributed by atoms with E-state index >= 15 is 0 Å². The van der Waals surface area contributed by atoms with Crippen molar-refractivity contribution >= 4 is 79.2 Å². The molecule has 0 saturated carbocycles. The zero-order chi connectivity index (χ0) is 37.5. The van der Waals surface area contributed by atoms with Gasteiger partial charge in [-0.05, 0) is 36.3 Å². The first-order valence-corrected chi connectivity index (χ1v) is 26.8. The van der Waals surface area contributed by atoms with Gasteiger partial charge in [0.2, 0.25) is 0 Å². The second-order valence-corrected chi connectivity index (χ2v) is 30.7. The molecule has 3 aromatic carbocycles. The Morgan fingerprint density at radius 1 is 0.750 bits per heavy atom. The Morgan fingerprint density at radius 2 is 1.25 bits per heavy atom. The molecule has 8 nitrogen and oxygen atoms in total. The van der Waals surface area contributed by atoms with Crippen LogP contribution in [0.2, 0.25) is 36.3 Å². The van der Waals surface area contributed by atoms with Gasteiger partial charge in [0.15, 0.2) is 39.8 Å². The topological polar surface area (TPSA) is 83.7 Å². The zero-order valence-corrected chi connectivity index (χ0v) is 37.2. The summed E-state index contributed by atoms with van der Waals surface area (Å²) in [6, 6.07) is 31.7. The second kappa shape index (κ2) is 15.0. The van der Waals surface area contributed by atoms with Crippen molar-refractivity contribution in [3.05, 3.63) is 104 Å². The summed E-state index contributed by atoms with van der Waals surface area (Å²) in [5, 5.41) is 3.54. The normalized spacial score (nSPS) is 20.4. The molecule has 0 radical (unpaired) electrons. The Morgan fingerprint density at radius 3 is 1.73 bits per heavy atom. The lowest BCUT2D eigenvalue weighted by atomic mass is 10.2. The summed E-state index contributed by atoms with van der Waals surface area (Å²) < 4.78 is 28.7. The maximum Gasteiger partial charge on any atom is 0.192 e. The smallest absolute Gasteiger partial charge is 0.192 e. The van der Waals surface area contributed by atoms with E-state index < -0.39 is 23.7 Å². The Balaban J connectivity index is 1.47. The van der Waals surface area contributed by atoms with Gasteiger partial charge in [-0.3, -0.25) is 4.57 Å². The van der Waals surface area contributed by atoms with Crippen molar-refractivity contribution in [2.24, 2.45) is 4.74 Å². The van der Waals surface area contributed by atoms with Crippen LogP contribution in [0.15, 0.2) is 108 Å². The van der Waals surface area contributed by atoms with Crippen LogP contribution in [0.25, 0.3) is 11.2 Å². The average Bonchev–Trinajstić information content (AvgIpc) is 3.67. The highest BCUT2D eigenvalue weighted by Gasteiger charge is 2.51. The van der Waals surface area contributed by atoms with Crippen LogP contribution in [0.4, 0.5) is 5.82 Å². The summed E-state index contributed by atoms with van der Waals surface area (Å²) in [5.41, 5.74) is 1.33. The van der Waals surface area contributed by atoms with Gasteiger partial charge in [-0.15, -0.1) is 0 Å². The molecule has 3 heterocycles. The van der Waals surface area contributed by atoms with Crippen molar-refractivity contribution in [3.63, 3.8) is 0 Å². The first-order valence-electron chi connectivity index (χ1n) is 18.0. The number of alkyl halides is 1. The molecule has 0 aliphatic carbocycles. The SMILES string of the molecule is CC(C)(C)[Si](C)(C)OC[C@H]1O[C@@H](n2cnc3c(N=P(c4ccccc4)(c4ccccc4)c4ccccc4)ncnc32)[C@@H](I)[C@@H]1O[Si](C)(C)C(C)(C)C. The first-order chi connectivity index (χ1) is 24.5. The molecule has 0 bridgehead atoms. The predicted octanol–water partition coefficient (Wildman–Crippen LogP) is 9.75. The molecule has 4 atom stereocenters. The third-order valence-corrected chi connectivity index (χ3v) is 25.1. The quantitative estimate of drug-likeness (QED) is 0.0602. The predicted molar refractivity (Wildman–Crippen MR) is 229 cm³/mol. The number of imidazole rings is 1. The number of hydrogen-bond donors (Lipinski definition) is 0. The highest BCUT2D eigenvalue weighted by atomic mass is 127. The van der Waals surface area contributed by atoms with Crippen molar-refractivity contribution in [3.8, 4) is 0 Å². The minimum atomic E-state index is -2.58. The van der Waals surface area contributed by atoms with Gasteiger partial charge >= 0.3 is 0 Å². The molecule has 6 rings (SSSR count). The lowest BCUT2D eigenvalue weighted by molar-refractivity contribution is -0.0380. The summed E-state index contributed by atoms with van der Waals surface area (Å²) in [6.45, 7) is 23.3. The monoisotopic (exact) mass is 865 g/mol. The second-order valence-electron chi connectivity index (χ2n) is 16.7. The van der Waals surface area contributed by atoms with E-state index in [1.807, 2.05) is 24.5 Å². The van der Waals surface area contributed by atoms with Gasteiger partial charge in [0.05, 0.1) is 30.0 Å². The molecule has 2 aromatic heterocycles. The van der Waals surface area contributed by atoms with Gasteiger partial charge in [-0.25, -0.2) is 19.7 Å². The number of aromatic nitrogens is 4. The van der Waals surface area contributed by atoms with Crippen molar-refractivity contribution in [2.75, 3.05) is 6.61 Å². The van der Waals surface area contributed by atoms with E-state index in [0.29, 0.717) is 23.6 Å². The number of halogens is 1. The molecular formula is C40H53IN5O3PSi2. The van der Waals surface area contributed by atoms with E-state index in [1.165, 1.54) is 0 Å². The summed E-state index contributed by atoms with van der Waals surface area (Å²) in [7, 11) is -6.78. The van der Waals surface area contributed by atoms with E-state index in [-0.39, 0.29) is 32.4 Å². The molecule has 0 unspecified atom stereocenters. The number of ether oxygens (including phenoxy) is 1. The lowest BCUT2D eigenvalue weighted by Crippen LogP contribution is -2.50. The molecule has 5 aromatic rings. The summed E-state index contributed by atoms with van der Waals surface area (Å²) in [6.07, 6.45) is 2.67. The van der Waals surface area contributed by atoms with E-state index in [0.717, 1.165) is 15.9 Å². The van der Waals surface area contributed by atoms with Gasteiger partial charge in [-0.1, -0.05) is 155 Å². The molecular weight excluding hydrogens is 813 g/mol. The van der Waals surface area contributed by atoms with E-state index in [2.05, 4.69) is 168 Å². The molecule has 52 heavy (non-hydrogen) atoms. The number of hydrogen-bond acceptors (Lipinski definition) is 7. The fourth-order valence-electron chi connectivity index (χ4n) is 6.01. The average molecular weight is 866 g/mol. The Hall–Kier alpha value is -2.52. The van der Waals surface area contributed by atoms with Gasteiger partial charge in [0.1, 0.15) is 12.4 Å². The minimum absolute atomic E-state index is 0.0166. The van der Waals surface area contributed by atoms with Crippen molar-refractivity contribution < 1.29 is 13.6 Å². The van der Waals surface area contributed by atoms with Crippen LogP contribution in [0, 0.1) is 0 Å². The largest absolute Gasteiger partial charge is 0.414 e. The maximum atomic E-state index is 7.18. The molecule has 1 saturated heterocycles. The Kier molecular flexibility index (Phi) is 11.3. The fraction of sp³-hybridized carbons (Fsp3) is 0.425. The van der Waals surface area contributed by atoms with Crippen LogP contribution in [-0.2, 0) is 13.6 Å². The third kappa shape index (κ3) is 7.56. The van der Waals surface area contributed by atoms with Crippen LogP contribution in [0.1, 0.15) is 47.8 Å². The standard InChI is InChI=1S/C40H53IN5O3PSi2/c1-39(2,3)51(7,8)47-26-32-35(49-52(9,10)40(4,5)6)33(41)38(48-32)46-28-44-34-36(42-27-43-37(34)46)45-50(29-20-14-11-15-21-29,30-22-16-12-17-23-30)31-24-18-13-19-25-31/h11-25,27-28,32-33,35,38H,26H2,1-10H3/t32-,33+,35-,38-/m1/s1. The molecule has 0 spiro atoms. The van der Waals surface area contributed by atoms with Gasteiger partial charge in [0.25, 0.3) is 0 Å². The fourth-order valence-corrected chi connectivity index (χ4v) is 13.2. The van der Waals surface area contributed by atoms with Crippen molar-refractivity contribution in [1.82, 2.24) is 19.5 Å². The number of rotatable bonds is 10. The van der Waals surface area contributed by atoms with Crippen molar-refractivity contribution in [1.29, 1.82) is 0 Å². The molecule has 1 aliphatic rings. The number of benzene rings is 3. The number of fused-ring (bicyclic) bond motifs is 1. The summed E-state index contributed by atoms with van der Waals surface area (Å²) in [5.74, 6) is 0.559. The van der Waals surface area contributed by atoms with Gasteiger partial charge in [0, 0.05) is 15.9 Å². The molecule has 0 N–H and O–H groups in total. The van der Waals surface area contributed by atoms with Crippen LogP contribution in [0.3, 0.4) is 0 Å². The summed E-state index contributed by atoms with van der Waals surface area (Å²) >= 11 is 2.52. The Bertz CT molecular complexity index is 1930. The van der Waals surface area contributed by atoms with Gasteiger partial charge in [-0.2, -0.15) is 0 Å². The molecule has 12 heteroatoms. The molecule has 0 amide bonds. The van der Waals surface area contributed by atoms with Crippen LogP contribution in [0.5, 0.6) is 0 Å². The highest BCUT2D eigenvalue weighted by Crippen LogP contribution is 2.50. The summed E-state index contributed by atoms with van der Waals surface area (Å²) in [4.78, 5) is 14.6. The van der Waals surface area contributed by atoms with Gasteiger partial charge < -0.3 is 13.6 Å².